The lowest BCUT2D eigenvalue weighted by Crippen LogP contribution is -2.20. The highest BCUT2D eigenvalue weighted by molar-refractivity contribution is 5.92. The molecule has 1 N–H and O–H groups in total. The van der Waals surface area contributed by atoms with Crippen molar-refractivity contribution in [1.29, 1.82) is 0 Å². The average molecular weight is 275 g/mol. The fraction of sp³-hybridized carbons (Fsp3) is 0.333. The summed E-state index contributed by atoms with van der Waals surface area (Å²) in [6.07, 6.45) is 2.24. The van der Waals surface area contributed by atoms with E-state index in [9.17, 15) is 9.59 Å². The van der Waals surface area contributed by atoms with E-state index in [1.807, 2.05) is 18.4 Å². The number of fused-ring (bicyclic) bond motifs is 1. The van der Waals surface area contributed by atoms with Crippen LogP contribution in [0, 0.1) is 0 Å². The van der Waals surface area contributed by atoms with E-state index in [2.05, 4.69) is 0 Å². The molecule has 106 valence electrons. The van der Waals surface area contributed by atoms with Crippen LogP contribution in [0.2, 0.25) is 0 Å². The maximum atomic E-state index is 12.2. The predicted octanol–water partition coefficient (Wildman–Crippen LogP) is 2.68. The molecule has 0 amide bonds. The summed E-state index contributed by atoms with van der Waals surface area (Å²) in [6.45, 7) is 3.99. The maximum absolute atomic E-state index is 12.2. The molecule has 0 bridgehead atoms. The zero-order valence-electron chi connectivity index (χ0n) is 11.7. The van der Waals surface area contributed by atoms with E-state index in [1.54, 1.807) is 25.3 Å². The maximum Gasteiger partial charge on any atom is 0.341 e. The number of hydrogen-bond acceptors (Lipinski definition) is 3. The van der Waals surface area contributed by atoms with E-state index in [0.717, 1.165) is 6.42 Å². The number of ether oxygens (including phenoxy) is 1. The molecule has 0 fully saturated rings. The Morgan fingerprint density at radius 2 is 2.15 bits per heavy atom. The fourth-order valence-corrected chi connectivity index (χ4v) is 2.17. The SMILES string of the molecule is CCC(C)n1cc(C(=O)O)c(=O)c2ccc(OC)cc21. The highest BCUT2D eigenvalue weighted by Crippen LogP contribution is 2.23. The Hall–Kier alpha value is -2.30. The van der Waals surface area contributed by atoms with Gasteiger partial charge in [0.05, 0.1) is 12.6 Å². The highest BCUT2D eigenvalue weighted by atomic mass is 16.5. The number of carbonyl (C=O) groups is 1. The zero-order chi connectivity index (χ0) is 14.9. The summed E-state index contributed by atoms with van der Waals surface area (Å²) in [5, 5.41) is 9.56. The molecule has 1 atom stereocenters. The zero-order valence-corrected chi connectivity index (χ0v) is 11.7. The molecular weight excluding hydrogens is 258 g/mol. The molecule has 1 aromatic heterocycles. The van der Waals surface area contributed by atoms with Crippen LogP contribution < -0.4 is 10.2 Å². The minimum Gasteiger partial charge on any atom is -0.497 e. The van der Waals surface area contributed by atoms with E-state index < -0.39 is 11.4 Å². The summed E-state index contributed by atoms with van der Waals surface area (Å²) >= 11 is 0. The van der Waals surface area contributed by atoms with Crippen LogP contribution in [0.15, 0.2) is 29.2 Å². The van der Waals surface area contributed by atoms with Crippen molar-refractivity contribution < 1.29 is 14.6 Å². The molecule has 0 aliphatic rings. The Labute approximate surface area is 116 Å². The van der Waals surface area contributed by atoms with Gasteiger partial charge in [-0.2, -0.15) is 0 Å². The molecule has 0 aliphatic heterocycles. The van der Waals surface area contributed by atoms with Crippen molar-refractivity contribution in [2.45, 2.75) is 26.3 Å². The lowest BCUT2D eigenvalue weighted by atomic mass is 10.1. The van der Waals surface area contributed by atoms with Gasteiger partial charge in [0.15, 0.2) is 0 Å². The quantitative estimate of drug-likeness (QED) is 0.931. The topological polar surface area (TPSA) is 68.5 Å². The molecule has 0 radical (unpaired) electrons. The van der Waals surface area contributed by atoms with E-state index >= 15 is 0 Å². The molecular formula is C15H17NO4. The number of pyridine rings is 1. The van der Waals surface area contributed by atoms with Crippen LogP contribution in [0.25, 0.3) is 10.9 Å². The Kier molecular flexibility index (Phi) is 3.79. The summed E-state index contributed by atoms with van der Waals surface area (Å²) in [5.41, 5.74) is 0.0198. The largest absolute Gasteiger partial charge is 0.497 e. The third kappa shape index (κ3) is 2.27. The van der Waals surface area contributed by atoms with Crippen LogP contribution >= 0.6 is 0 Å². The summed E-state index contributed by atoms with van der Waals surface area (Å²) in [5.74, 6) is -0.568. The van der Waals surface area contributed by atoms with Gasteiger partial charge in [-0.05, 0) is 25.5 Å². The summed E-state index contributed by atoms with van der Waals surface area (Å²) < 4.78 is 7.00. The molecule has 2 rings (SSSR count). The first kappa shape index (κ1) is 14.1. The Morgan fingerprint density at radius 1 is 1.45 bits per heavy atom. The van der Waals surface area contributed by atoms with Crippen molar-refractivity contribution in [3.8, 4) is 5.75 Å². The number of aromatic carboxylic acids is 1. The second-order valence-corrected chi connectivity index (χ2v) is 4.72. The van der Waals surface area contributed by atoms with Crippen LogP contribution in [-0.4, -0.2) is 22.8 Å². The van der Waals surface area contributed by atoms with Crippen molar-refractivity contribution in [2.75, 3.05) is 7.11 Å². The van der Waals surface area contributed by atoms with Crippen molar-refractivity contribution in [3.05, 3.63) is 40.2 Å². The number of carboxylic acids is 1. The number of methoxy groups -OCH3 is 1. The molecule has 0 saturated heterocycles. The summed E-state index contributed by atoms with van der Waals surface area (Å²) in [7, 11) is 1.55. The van der Waals surface area contributed by atoms with Crippen LogP contribution in [0.3, 0.4) is 0 Å². The van der Waals surface area contributed by atoms with Gasteiger partial charge in [-0.15, -0.1) is 0 Å². The fourth-order valence-electron chi connectivity index (χ4n) is 2.17. The van der Waals surface area contributed by atoms with Gasteiger partial charge < -0.3 is 14.4 Å². The third-order valence-corrected chi connectivity index (χ3v) is 3.54. The van der Waals surface area contributed by atoms with Crippen molar-refractivity contribution in [1.82, 2.24) is 4.57 Å². The molecule has 1 aromatic carbocycles. The van der Waals surface area contributed by atoms with Gasteiger partial charge in [-0.1, -0.05) is 6.92 Å². The van der Waals surface area contributed by atoms with Crippen molar-refractivity contribution >= 4 is 16.9 Å². The van der Waals surface area contributed by atoms with E-state index in [0.29, 0.717) is 16.7 Å². The molecule has 2 aromatic rings. The Morgan fingerprint density at radius 3 is 2.70 bits per heavy atom. The van der Waals surface area contributed by atoms with Gasteiger partial charge in [0.1, 0.15) is 11.3 Å². The van der Waals surface area contributed by atoms with Gasteiger partial charge in [-0.25, -0.2) is 4.79 Å². The lowest BCUT2D eigenvalue weighted by Gasteiger charge is -2.18. The monoisotopic (exact) mass is 275 g/mol. The van der Waals surface area contributed by atoms with Crippen molar-refractivity contribution in [3.63, 3.8) is 0 Å². The second kappa shape index (κ2) is 5.36. The van der Waals surface area contributed by atoms with Crippen LogP contribution in [0.1, 0.15) is 36.7 Å². The van der Waals surface area contributed by atoms with Crippen molar-refractivity contribution in [2.24, 2.45) is 0 Å². The standard InChI is InChI=1S/C15H17NO4/c1-4-9(2)16-8-12(15(18)19)14(17)11-6-5-10(20-3)7-13(11)16/h5-9H,4H2,1-3H3,(H,18,19). The highest BCUT2D eigenvalue weighted by Gasteiger charge is 2.16. The number of carboxylic acid groups (broad SMARTS) is 1. The molecule has 0 aliphatic carbocycles. The van der Waals surface area contributed by atoms with Gasteiger partial charge >= 0.3 is 5.97 Å². The Bertz CT molecular complexity index is 718. The van der Waals surface area contributed by atoms with E-state index in [1.165, 1.54) is 6.20 Å². The molecule has 5 heteroatoms. The van der Waals surface area contributed by atoms with E-state index in [4.69, 9.17) is 9.84 Å². The van der Waals surface area contributed by atoms with Crippen LogP contribution in [0.5, 0.6) is 5.75 Å². The molecule has 1 heterocycles. The average Bonchev–Trinajstić information content (AvgIpc) is 2.46. The first-order valence-electron chi connectivity index (χ1n) is 6.45. The number of hydrogen-bond donors (Lipinski definition) is 1. The molecule has 0 spiro atoms. The van der Waals surface area contributed by atoms with Crippen LogP contribution in [-0.2, 0) is 0 Å². The smallest absolute Gasteiger partial charge is 0.341 e. The van der Waals surface area contributed by atoms with Gasteiger partial charge in [0, 0.05) is 23.7 Å². The lowest BCUT2D eigenvalue weighted by molar-refractivity contribution is 0.0694. The molecule has 5 nitrogen and oxygen atoms in total. The first-order valence-corrected chi connectivity index (χ1v) is 6.45. The number of aromatic nitrogens is 1. The minimum absolute atomic E-state index is 0.0864. The van der Waals surface area contributed by atoms with Crippen LogP contribution in [0.4, 0.5) is 0 Å². The first-order chi connectivity index (χ1) is 9.49. The normalized spacial score (nSPS) is 12.3. The second-order valence-electron chi connectivity index (χ2n) is 4.72. The van der Waals surface area contributed by atoms with Gasteiger partial charge in [0.25, 0.3) is 0 Å². The Balaban J connectivity index is 2.89. The summed E-state index contributed by atoms with van der Waals surface area (Å²) in [4.78, 5) is 23.4. The predicted molar refractivity (Wildman–Crippen MR) is 76.7 cm³/mol. The molecule has 20 heavy (non-hydrogen) atoms. The summed E-state index contributed by atoms with van der Waals surface area (Å²) in [6, 6.07) is 5.12. The number of benzene rings is 1. The number of rotatable bonds is 4. The third-order valence-electron chi connectivity index (χ3n) is 3.54. The minimum atomic E-state index is -1.20. The van der Waals surface area contributed by atoms with E-state index in [-0.39, 0.29) is 11.6 Å². The molecule has 0 saturated carbocycles. The van der Waals surface area contributed by atoms with Gasteiger partial charge in [-0.3, -0.25) is 4.79 Å². The van der Waals surface area contributed by atoms with Gasteiger partial charge in [0.2, 0.25) is 5.43 Å². The molecule has 1 unspecified atom stereocenters. The number of nitrogens with zero attached hydrogens (tertiary/aromatic N) is 1.